The molecule has 2 rings (SSSR count). The summed E-state index contributed by atoms with van der Waals surface area (Å²) in [5.74, 6) is -0.229. The van der Waals surface area contributed by atoms with E-state index in [1.165, 1.54) is 6.07 Å². The highest BCUT2D eigenvalue weighted by atomic mass is 32.1. The second-order valence-corrected chi connectivity index (χ2v) is 3.53. The van der Waals surface area contributed by atoms with Gasteiger partial charge in [0.25, 0.3) is 0 Å². The molecular formula is C10H8FNS. The van der Waals surface area contributed by atoms with Crippen LogP contribution in [-0.2, 0) is 0 Å². The van der Waals surface area contributed by atoms with E-state index < -0.39 is 0 Å². The number of nitrogen functional groups attached to an aromatic ring is 1. The number of halogens is 1. The number of thiophene rings is 1. The summed E-state index contributed by atoms with van der Waals surface area (Å²) >= 11 is 1.54. The highest BCUT2D eigenvalue weighted by Gasteiger charge is 2.04. The molecule has 0 unspecified atom stereocenters. The van der Waals surface area contributed by atoms with E-state index in [4.69, 9.17) is 5.73 Å². The SMILES string of the molecule is Nc1ccc(F)c(-c2ccsc2)c1. The molecule has 1 aromatic carbocycles. The summed E-state index contributed by atoms with van der Waals surface area (Å²) in [4.78, 5) is 0. The molecule has 0 aliphatic heterocycles. The van der Waals surface area contributed by atoms with Gasteiger partial charge in [-0.2, -0.15) is 11.3 Å². The van der Waals surface area contributed by atoms with Gasteiger partial charge < -0.3 is 5.73 Å². The molecule has 13 heavy (non-hydrogen) atoms. The third-order valence-electron chi connectivity index (χ3n) is 1.82. The van der Waals surface area contributed by atoms with E-state index in [0.717, 1.165) is 5.56 Å². The lowest BCUT2D eigenvalue weighted by atomic mass is 10.1. The number of hydrogen-bond donors (Lipinski definition) is 1. The number of anilines is 1. The Morgan fingerprint density at radius 1 is 1.23 bits per heavy atom. The van der Waals surface area contributed by atoms with Gasteiger partial charge in [-0.15, -0.1) is 0 Å². The molecule has 1 nitrogen and oxygen atoms in total. The average Bonchev–Trinajstić information content (AvgIpc) is 2.61. The maximum atomic E-state index is 13.3. The van der Waals surface area contributed by atoms with E-state index in [-0.39, 0.29) is 5.82 Å². The van der Waals surface area contributed by atoms with Gasteiger partial charge in [0, 0.05) is 11.3 Å². The van der Waals surface area contributed by atoms with Gasteiger partial charge >= 0.3 is 0 Å². The third kappa shape index (κ3) is 1.55. The molecule has 1 heterocycles. The molecular weight excluding hydrogens is 185 g/mol. The lowest BCUT2D eigenvalue weighted by Crippen LogP contribution is -1.88. The lowest BCUT2D eigenvalue weighted by molar-refractivity contribution is 0.631. The van der Waals surface area contributed by atoms with Crippen molar-refractivity contribution in [2.75, 3.05) is 5.73 Å². The first-order valence-electron chi connectivity index (χ1n) is 3.85. The van der Waals surface area contributed by atoms with Crippen molar-refractivity contribution in [1.82, 2.24) is 0 Å². The van der Waals surface area contributed by atoms with Crippen LogP contribution in [-0.4, -0.2) is 0 Å². The van der Waals surface area contributed by atoms with Crippen LogP contribution in [0.1, 0.15) is 0 Å². The molecule has 0 fully saturated rings. The first-order valence-corrected chi connectivity index (χ1v) is 4.79. The molecule has 0 spiro atoms. The van der Waals surface area contributed by atoms with Gasteiger partial charge in [0.15, 0.2) is 0 Å². The highest BCUT2D eigenvalue weighted by Crippen LogP contribution is 2.26. The highest BCUT2D eigenvalue weighted by molar-refractivity contribution is 7.08. The van der Waals surface area contributed by atoms with E-state index in [1.54, 1.807) is 23.5 Å². The molecule has 2 aromatic rings. The molecule has 2 N–H and O–H groups in total. The molecule has 66 valence electrons. The van der Waals surface area contributed by atoms with E-state index in [0.29, 0.717) is 11.3 Å². The van der Waals surface area contributed by atoms with Gasteiger partial charge in [-0.1, -0.05) is 0 Å². The Kier molecular flexibility index (Phi) is 2.02. The molecule has 0 bridgehead atoms. The molecule has 0 saturated heterocycles. The van der Waals surface area contributed by atoms with E-state index in [1.807, 2.05) is 16.8 Å². The maximum absolute atomic E-state index is 13.3. The average molecular weight is 193 g/mol. The van der Waals surface area contributed by atoms with Crippen LogP contribution in [0.5, 0.6) is 0 Å². The molecule has 0 aliphatic rings. The summed E-state index contributed by atoms with van der Waals surface area (Å²) in [6, 6.07) is 6.48. The van der Waals surface area contributed by atoms with Crippen molar-refractivity contribution in [3.63, 3.8) is 0 Å². The molecule has 1 aromatic heterocycles. The number of nitrogens with two attached hydrogens (primary N) is 1. The van der Waals surface area contributed by atoms with E-state index >= 15 is 0 Å². The van der Waals surface area contributed by atoms with Crippen LogP contribution in [0.15, 0.2) is 35.0 Å². The van der Waals surface area contributed by atoms with Crippen molar-refractivity contribution >= 4 is 17.0 Å². The summed E-state index contributed by atoms with van der Waals surface area (Å²) < 4.78 is 13.3. The van der Waals surface area contributed by atoms with Gasteiger partial charge in [0.05, 0.1) is 0 Å². The Hall–Kier alpha value is -1.35. The van der Waals surface area contributed by atoms with Crippen molar-refractivity contribution in [2.24, 2.45) is 0 Å². The minimum absolute atomic E-state index is 0.229. The van der Waals surface area contributed by atoms with Gasteiger partial charge in [0.2, 0.25) is 0 Å². The third-order valence-corrected chi connectivity index (χ3v) is 2.51. The van der Waals surface area contributed by atoms with Crippen LogP contribution >= 0.6 is 11.3 Å². The van der Waals surface area contributed by atoms with Crippen LogP contribution in [0, 0.1) is 5.82 Å². The smallest absolute Gasteiger partial charge is 0.131 e. The second kappa shape index (κ2) is 3.18. The van der Waals surface area contributed by atoms with Crippen molar-refractivity contribution in [2.45, 2.75) is 0 Å². The van der Waals surface area contributed by atoms with Crippen LogP contribution < -0.4 is 5.73 Å². The standard InChI is InChI=1S/C10H8FNS/c11-10-2-1-8(12)5-9(10)7-3-4-13-6-7/h1-6H,12H2. The summed E-state index contributed by atoms with van der Waals surface area (Å²) in [7, 11) is 0. The predicted molar refractivity (Wildman–Crippen MR) is 54.1 cm³/mol. The summed E-state index contributed by atoms with van der Waals surface area (Å²) in [5.41, 5.74) is 7.61. The predicted octanol–water partition coefficient (Wildman–Crippen LogP) is 3.14. The Morgan fingerprint density at radius 3 is 2.77 bits per heavy atom. The number of rotatable bonds is 1. The topological polar surface area (TPSA) is 26.0 Å². The fourth-order valence-electron chi connectivity index (χ4n) is 1.18. The summed E-state index contributed by atoms with van der Waals surface area (Å²) in [5, 5.41) is 3.82. The van der Waals surface area contributed by atoms with Crippen LogP contribution in [0.4, 0.5) is 10.1 Å². The van der Waals surface area contributed by atoms with Gasteiger partial charge in [0.1, 0.15) is 5.82 Å². The van der Waals surface area contributed by atoms with Crippen molar-refractivity contribution in [3.05, 3.63) is 40.8 Å². The molecule has 0 atom stereocenters. The first-order chi connectivity index (χ1) is 6.27. The Morgan fingerprint density at radius 2 is 2.08 bits per heavy atom. The van der Waals surface area contributed by atoms with Crippen molar-refractivity contribution in [3.8, 4) is 11.1 Å². The second-order valence-electron chi connectivity index (χ2n) is 2.75. The van der Waals surface area contributed by atoms with Gasteiger partial charge in [-0.25, -0.2) is 4.39 Å². The molecule has 0 aliphatic carbocycles. The summed E-state index contributed by atoms with van der Waals surface area (Å²) in [6.07, 6.45) is 0. The zero-order chi connectivity index (χ0) is 9.26. The fraction of sp³-hybridized carbons (Fsp3) is 0. The van der Waals surface area contributed by atoms with Crippen molar-refractivity contribution in [1.29, 1.82) is 0 Å². The fourth-order valence-corrected chi connectivity index (χ4v) is 1.84. The zero-order valence-electron chi connectivity index (χ0n) is 6.83. The van der Waals surface area contributed by atoms with Crippen LogP contribution in [0.25, 0.3) is 11.1 Å². The van der Waals surface area contributed by atoms with Crippen molar-refractivity contribution < 1.29 is 4.39 Å². The van der Waals surface area contributed by atoms with E-state index in [2.05, 4.69) is 0 Å². The van der Waals surface area contributed by atoms with Crippen LogP contribution in [0.3, 0.4) is 0 Å². The monoisotopic (exact) mass is 193 g/mol. The van der Waals surface area contributed by atoms with Gasteiger partial charge in [-0.05, 0) is 40.6 Å². The lowest BCUT2D eigenvalue weighted by Gasteiger charge is -2.01. The van der Waals surface area contributed by atoms with Crippen LogP contribution in [0.2, 0.25) is 0 Å². The van der Waals surface area contributed by atoms with Gasteiger partial charge in [-0.3, -0.25) is 0 Å². The minimum atomic E-state index is -0.229. The Bertz CT molecular complexity index is 409. The summed E-state index contributed by atoms with van der Waals surface area (Å²) in [6.45, 7) is 0. The number of benzene rings is 1. The molecule has 0 saturated carbocycles. The maximum Gasteiger partial charge on any atom is 0.131 e. The van der Waals surface area contributed by atoms with E-state index in [9.17, 15) is 4.39 Å². The molecule has 0 amide bonds. The molecule has 3 heteroatoms. The normalized spacial score (nSPS) is 10.2. The number of hydrogen-bond acceptors (Lipinski definition) is 2. The minimum Gasteiger partial charge on any atom is -0.399 e. The zero-order valence-corrected chi connectivity index (χ0v) is 7.64. The first kappa shape index (κ1) is 8.26. The Labute approximate surface area is 79.6 Å². The quantitative estimate of drug-likeness (QED) is 0.692. The molecule has 0 radical (unpaired) electrons. The largest absolute Gasteiger partial charge is 0.399 e. The Balaban J connectivity index is 2.57.